The molecule has 3 heteroatoms. The number of rotatable bonds is 7. The molecule has 0 fully saturated rings. The molecule has 1 aromatic rings. The Morgan fingerprint density at radius 3 is 2.88 bits per heavy atom. The van der Waals surface area contributed by atoms with Gasteiger partial charge in [0, 0.05) is 6.04 Å². The highest BCUT2D eigenvalue weighted by molar-refractivity contribution is 5.29. The Kier molecular flexibility index (Phi) is 5.98. The van der Waals surface area contributed by atoms with Crippen LogP contribution in [0.5, 0.6) is 5.75 Å². The first-order chi connectivity index (χ1) is 8.13. The maximum atomic E-state index is 13.3. The molecule has 0 saturated carbocycles. The number of hydrogen-bond acceptors (Lipinski definition) is 2. The molecule has 1 rings (SSSR count). The molecule has 1 atom stereocenters. The highest BCUT2D eigenvalue weighted by Gasteiger charge is 2.04. The lowest BCUT2D eigenvalue weighted by atomic mass is 10.2. The fraction of sp³-hybridized carbons (Fsp3) is 0.571. The zero-order chi connectivity index (χ0) is 12.7. The summed E-state index contributed by atoms with van der Waals surface area (Å²) < 4.78 is 18.8. The van der Waals surface area contributed by atoms with Gasteiger partial charge in [-0.25, -0.2) is 4.39 Å². The molecule has 0 radical (unpaired) electrons. The molecule has 1 aromatic carbocycles. The van der Waals surface area contributed by atoms with E-state index in [4.69, 9.17) is 4.74 Å². The van der Waals surface area contributed by atoms with Gasteiger partial charge in [0.1, 0.15) is 0 Å². The third kappa shape index (κ3) is 5.18. The fourth-order valence-electron chi connectivity index (χ4n) is 1.74. The average molecular weight is 239 g/mol. The topological polar surface area (TPSA) is 21.3 Å². The molecule has 0 heterocycles. The maximum Gasteiger partial charge on any atom is 0.165 e. The fourth-order valence-corrected chi connectivity index (χ4v) is 1.74. The van der Waals surface area contributed by atoms with Crippen LogP contribution in [-0.2, 0) is 0 Å². The van der Waals surface area contributed by atoms with Crippen molar-refractivity contribution in [2.75, 3.05) is 13.2 Å². The Morgan fingerprint density at radius 1 is 1.41 bits per heavy atom. The van der Waals surface area contributed by atoms with E-state index in [-0.39, 0.29) is 5.82 Å². The van der Waals surface area contributed by atoms with Gasteiger partial charge in [0.05, 0.1) is 6.61 Å². The summed E-state index contributed by atoms with van der Waals surface area (Å²) in [5, 5.41) is 3.34. The van der Waals surface area contributed by atoms with Crippen molar-refractivity contribution < 1.29 is 9.13 Å². The Morgan fingerprint density at radius 2 is 2.18 bits per heavy atom. The maximum absolute atomic E-state index is 13.3. The summed E-state index contributed by atoms with van der Waals surface area (Å²) in [6.45, 7) is 7.72. The second-order valence-electron chi connectivity index (χ2n) is 4.38. The van der Waals surface area contributed by atoms with Crippen molar-refractivity contribution in [2.24, 2.45) is 0 Å². The minimum Gasteiger partial charge on any atom is -0.491 e. The Labute approximate surface area is 103 Å². The van der Waals surface area contributed by atoms with E-state index in [1.165, 1.54) is 6.07 Å². The third-order valence-electron chi connectivity index (χ3n) is 2.68. The number of nitrogens with one attached hydrogen (secondary N) is 1. The van der Waals surface area contributed by atoms with Crippen LogP contribution in [0, 0.1) is 12.7 Å². The normalized spacial score (nSPS) is 12.5. The Bertz CT molecular complexity index is 341. The van der Waals surface area contributed by atoms with Crippen molar-refractivity contribution in [3.8, 4) is 5.75 Å². The van der Waals surface area contributed by atoms with Crippen molar-refractivity contribution in [2.45, 2.75) is 39.7 Å². The van der Waals surface area contributed by atoms with E-state index in [1.54, 1.807) is 12.1 Å². The second kappa shape index (κ2) is 7.28. The van der Waals surface area contributed by atoms with E-state index < -0.39 is 0 Å². The number of ether oxygens (including phenoxy) is 1. The first kappa shape index (κ1) is 14.0. The van der Waals surface area contributed by atoms with Crippen LogP contribution in [0.3, 0.4) is 0 Å². The summed E-state index contributed by atoms with van der Waals surface area (Å²) in [5.74, 6) is 0.0800. The molecule has 0 spiro atoms. The summed E-state index contributed by atoms with van der Waals surface area (Å²) in [6, 6.07) is 5.43. The van der Waals surface area contributed by atoms with E-state index in [1.807, 2.05) is 6.92 Å². The third-order valence-corrected chi connectivity index (χ3v) is 2.68. The zero-order valence-electron chi connectivity index (χ0n) is 10.9. The van der Waals surface area contributed by atoms with Gasteiger partial charge in [0.15, 0.2) is 11.6 Å². The van der Waals surface area contributed by atoms with Gasteiger partial charge in [0.2, 0.25) is 0 Å². The summed E-state index contributed by atoms with van der Waals surface area (Å²) in [6.07, 6.45) is 1.98. The van der Waals surface area contributed by atoms with Crippen molar-refractivity contribution in [3.63, 3.8) is 0 Å². The van der Waals surface area contributed by atoms with Gasteiger partial charge in [-0.05, 0) is 50.9 Å². The lowest BCUT2D eigenvalue weighted by Gasteiger charge is -2.12. The molecule has 1 unspecified atom stereocenters. The largest absolute Gasteiger partial charge is 0.491 e. The average Bonchev–Trinajstić information content (AvgIpc) is 2.29. The van der Waals surface area contributed by atoms with Crippen molar-refractivity contribution in [1.29, 1.82) is 0 Å². The minimum atomic E-state index is -0.282. The summed E-state index contributed by atoms with van der Waals surface area (Å²) >= 11 is 0. The molecule has 0 aliphatic heterocycles. The van der Waals surface area contributed by atoms with Crippen LogP contribution >= 0.6 is 0 Å². The number of benzene rings is 1. The monoisotopic (exact) mass is 239 g/mol. The standard InChI is InChI=1S/C14H22FNO/c1-4-16-12(3)6-5-9-17-14-10-11(2)7-8-13(14)15/h7-8,10,12,16H,4-6,9H2,1-3H3. The van der Waals surface area contributed by atoms with Crippen LogP contribution in [-0.4, -0.2) is 19.2 Å². The molecule has 0 aromatic heterocycles. The Hall–Kier alpha value is -1.09. The van der Waals surface area contributed by atoms with Gasteiger partial charge < -0.3 is 10.1 Å². The van der Waals surface area contributed by atoms with E-state index in [9.17, 15) is 4.39 Å². The molecular formula is C14H22FNO. The molecule has 1 N–H and O–H groups in total. The van der Waals surface area contributed by atoms with Crippen molar-refractivity contribution in [3.05, 3.63) is 29.6 Å². The van der Waals surface area contributed by atoms with E-state index >= 15 is 0 Å². The lowest BCUT2D eigenvalue weighted by Crippen LogP contribution is -2.25. The molecule has 0 saturated heterocycles. The van der Waals surface area contributed by atoms with Gasteiger partial charge in [-0.15, -0.1) is 0 Å². The first-order valence-corrected chi connectivity index (χ1v) is 6.25. The van der Waals surface area contributed by atoms with Crippen LogP contribution in [0.25, 0.3) is 0 Å². The number of aryl methyl sites for hydroxylation is 1. The Balaban J connectivity index is 2.28. The van der Waals surface area contributed by atoms with Gasteiger partial charge in [-0.3, -0.25) is 0 Å². The molecule has 96 valence electrons. The van der Waals surface area contributed by atoms with Gasteiger partial charge >= 0.3 is 0 Å². The van der Waals surface area contributed by atoms with Crippen molar-refractivity contribution in [1.82, 2.24) is 5.32 Å². The van der Waals surface area contributed by atoms with Crippen molar-refractivity contribution >= 4 is 0 Å². The van der Waals surface area contributed by atoms with Gasteiger partial charge in [0.25, 0.3) is 0 Å². The summed E-state index contributed by atoms with van der Waals surface area (Å²) in [7, 11) is 0. The predicted molar refractivity (Wildman–Crippen MR) is 69.0 cm³/mol. The molecule has 0 aliphatic carbocycles. The molecule has 0 bridgehead atoms. The summed E-state index contributed by atoms with van der Waals surface area (Å²) in [5.41, 5.74) is 1.02. The quantitative estimate of drug-likeness (QED) is 0.737. The lowest BCUT2D eigenvalue weighted by molar-refractivity contribution is 0.285. The highest BCUT2D eigenvalue weighted by Crippen LogP contribution is 2.18. The predicted octanol–water partition coefficient (Wildman–Crippen LogP) is 3.29. The molecule has 17 heavy (non-hydrogen) atoms. The molecule has 0 amide bonds. The highest BCUT2D eigenvalue weighted by atomic mass is 19.1. The van der Waals surface area contributed by atoms with E-state index in [0.29, 0.717) is 18.4 Å². The van der Waals surface area contributed by atoms with Gasteiger partial charge in [-0.1, -0.05) is 13.0 Å². The second-order valence-corrected chi connectivity index (χ2v) is 4.38. The SMILES string of the molecule is CCNC(C)CCCOc1cc(C)ccc1F. The molecular weight excluding hydrogens is 217 g/mol. The smallest absolute Gasteiger partial charge is 0.165 e. The van der Waals surface area contributed by atoms with Crippen LogP contribution in [0.2, 0.25) is 0 Å². The van der Waals surface area contributed by atoms with Crippen LogP contribution in [0.1, 0.15) is 32.3 Å². The van der Waals surface area contributed by atoms with E-state index in [2.05, 4.69) is 19.2 Å². The first-order valence-electron chi connectivity index (χ1n) is 6.25. The van der Waals surface area contributed by atoms with Crippen LogP contribution < -0.4 is 10.1 Å². The van der Waals surface area contributed by atoms with Gasteiger partial charge in [-0.2, -0.15) is 0 Å². The number of hydrogen-bond donors (Lipinski definition) is 1. The van der Waals surface area contributed by atoms with E-state index in [0.717, 1.165) is 24.9 Å². The summed E-state index contributed by atoms with van der Waals surface area (Å²) in [4.78, 5) is 0. The van der Waals surface area contributed by atoms with Crippen LogP contribution in [0.15, 0.2) is 18.2 Å². The minimum absolute atomic E-state index is 0.282. The zero-order valence-corrected chi connectivity index (χ0v) is 10.9. The molecule has 0 aliphatic rings. The number of halogens is 1. The molecule has 2 nitrogen and oxygen atoms in total. The van der Waals surface area contributed by atoms with Crippen LogP contribution in [0.4, 0.5) is 4.39 Å².